The Kier molecular flexibility index (Phi) is 5.47. The standard InChI is InChI=1S/C19H16F3N3O3S/c1-25-16(11-17(24-25)19(20,21)22)18(26)23-14-7-9-15(10-8-14)29(27,28)12-13-5-3-2-4-6-13/h2-11H,12H2,1H3,(H,23,26). The summed E-state index contributed by atoms with van der Waals surface area (Å²) in [7, 11) is -2.36. The Hall–Kier alpha value is -3.14. The number of nitrogens with one attached hydrogen (secondary N) is 1. The van der Waals surface area contributed by atoms with Crippen LogP contribution < -0.4 is 5.32 Å². The summed E-state index contributed by atoms with van der Waals surface area (Å²) < 4.78 is 64.0. The summed E-state index contributed by atoms with van der Waals surface area (Å²) in [5, 5.41) is 5.71. The second-order valence-corrected chi connectivity index (χ2v) is 8.25. The number of benzene rings is 2. The molecular formula is C19H16F3N3O3S. The van der Waals surface area contributed by atoms with Crippen LogP contribution in [0.4, 0.5) is 18.9 Å². The number of rotatable bonds is 5. The highest BCUT2D eigenvalue weighted by Crippen LogP contribution is 2.28. The summed E-state index contributed by atoms with van der Waals surface area (Å²) in [5.41, 5.74) is -0.574. The third-order valence-electron chi connectivity index (χ3n) is 4.07. The average Bonchev–Trinajstić information content (AvgIpc) is 3.05. The van der Waals surface area contributed by atoms with E-state index >= 15 is 0 Å². The Morgan fingerprint density at radius 1 is 1.07 bits per heavy atom. The Morgan fingerprint density at radius 2 is 1.69 bits per heavy atom. The van der Waals surface area contributed by atoms with Crippen LogP contribution in [0.3, 0.4) is 0 Å². The SMILES string of the molecule is Cn1nc(C(F)(F)F)cc1C(=O)Nc1ccc(S(=O)(=O)Cc2ccccc2)cc1. The highest BCUT2D eigenvalue weighted by Gasteiger charge is 2.35. The normalized spacial score (nSPS) is 12.0. The van der Waals surface area contributed by atoms with Crippen molar-refractivity contribution in [3.05, 3.63) is 77.6 Å². The Balaban J connectivity index is 1.74. The molecule has 152 valence electrons. The van der Waals surface area contributed by atoms with Crippen LogP contribution in [0.25, 0.3) is 0 Å². The second-order valence-electron chi connectivity index (χ2n) is 6.26. The van der Waals surface area contributed by atoms with E-state index in [2.05, 4.69) is 10.4 Å². The van der Waals surface area contributed by atoms with Crippen LogP contribution >= 0.6 is 0 Å². The van der Waals surface area contributed by atoms with Gasteiger partial charge in [-0.2, -0.15) is 18.3 Å². The van der Waals surface area contributed by atoms with E-state index in [1.54, 1.807) is 30.3 Å². The summed E-state index contributed by atoms with van der Waals surface area (Å²) in [4.78, 5) is 12.3. The molecule has 1 amide bonds. The van der Waals surface area contributed by atoms with Crippen molar-refractivity contribution in [2.24, 2.45) is 7.05 Å². The molecule has 2 aromatic carbocycles. The number of halogens is 3. The molecule has 0 saturated heterocycles. The molecule has 3 rings (SSSR count). The lowest BCUT2D eigenvalue weighted by molar-refractivity contribution is -0.141. The van der Waals surface area contributed by atoms with Crippen molar-refractivity contribution in [2.75, 3.05) is 5.32 Å². The summed E-state index contributed by atoms with van der Waals surface area (Å²) in [5.74, 6) is -0.968. The quantitative estimate of drug-likeness (QED) is 0.679. The van der Waals surface area contributed by atoms with Gasteiger partial charge >= 0.3 is 6.18 Å². The van der Waals surface area contributed by atoms with E-state index in [9.17, 15) is 26.4 Å². The molecule has 0 unspecified atom stereocenters. The van der Waals surface area contributed by atoms with E-state index in [4.69, 9.17) is 0 Å². The fourth-order valence-electron chi connectivity index (χ4n) is 2.64. The fraction of sp³-hybridized carbons (Fsp3) is 0.158. The maximum Gasteiger partial charge on any atom is 0.435 e. The smallest absolute Gasteiger partial charge is 0.321 e. The minimum Gasteiger partial charge on any atom is -0.321 e. The van der Waals surface area contributed by atoms with Crippen molar-refractivity contribution >= 4 is 21.4 Å². The summed E-state index contributed by atoms with van der Waals surface area (Å²) >= 11 is 0. The van der Waals surface area contributed by atoms with E-state index in [1.165, 1.54) is 31.3 Å². The van der Waals surface area contributed by atoms with Crippen LogP contribution in [0.1, 0.15) is 21.7 Å². The zero-order chi connectivity index (χ0) is 21.2. The third-order valence-corrected chi connectivity index (χ3v) is 5.78. The van der Waals surface area contributed by atoms with Crippen molar-refractivity contribution < 1.29 is 26.4 Å². The van der Waals surface area contributed by atoms with Gasteiger partial charge in [-0.3, -0.25) is 9.48 Å². The minimum atomic E-state index is -4.66. The highest BCUT2D eigenvalue weighted by atomic mass is 32.2. The van der Waals surface area contributed by atoms with Gasteiger partial charge in [0.15, 0.2) is 15.5 Å². The maximum atomic E-state index is 12.7. The number of anilines is 1. The lowest BCUT2D eigenvalue weighted by atomic mass is 10.2. The molecule has 1 aromatic heterocycles. The first-order valence-corrected chi connectivity index (χ1v) is 10.0. The van der Waals surface area contributed by atoms with Gasteiger partial charge < -0.3 is 5.32 Å². The van der Waals surface area contributed by atoms with Gasteiger partial charge in [0.25, 0.3) is 5.91 Å². The number of carbonyl (C=O) groups is 1. The molecule has 0 saturated carbocycles. The van der Waals surface area contributed by atoms with E-state index in [0.717, 1.165) is 4.68 Å². The van der Waals surface area contributed by atoms with Gasteiger partial charge in [0, 0.05) is 18.8 Å². The van der Waals surface area contributed by atoms with E-state index in [0.29, 0.717) is 11.6 Å². The largest absolute Gasteiger partial charge is 0.435 e. The highest BCUT2D eigenvalue weighted by molar-refractivity contribution is 7.90. The molecule has 0 radical (unpaired) electrons. The second kappa shape index (κ2) is 7.70. The molecule has 0 aliphatic rings. The molecule has 0 fully saturated rings. The number of carbonyl (C=O) groups excluding carboxylic acids is 1. The Morgan fingerprint density at radius 3 is 2.24 bits per heavy atom. The van der Waals surface area contributed by atoms with Gasteiger partial charge in [-0.1, -0.05) is 30.3 Å². The molecule has 0 spiro atoms. The summed E-state index contributed by atoms with van der Waals surface area (Å²) in [6.45, 7) is 0. The zero-order valence-corrected chi connectivity index (χ0v) is 16.0. The van der Waals surface area contributed by atoms with Crippen molar-refractivity contribution in [1.82, 2.24) is 9.78 Å². The van der Waals surface area contributed by atoms with Gasteiger partial charge in [-0.25, -0.2) is 8.42 Å². The van der Waals surface area contributed by atoms with Crippen molar-refractivity contribution in [3.8, 4) is 0 Å². The first-order valence-electron chi connectivity index (χ1n) is 8.35. The average molecular weight is 423 g/mol. The molecule has 10 heteroatoms. The topological polar surface area (TPSA) is 81.1 Å². The summed E-state index contributed by atoms with van der Waals surface area (Å²) in [6, 6.07) is 14.7. The number of amides is 1. The molecule has 1 N–H and O–H groups in total. The first-order chi connectivity index (χ1) is 13.6. The number of aryl methyl sites for hydroxylation is 1. The molecule has 0 aliphatic heterocycles. The molecule has 1 heterocycles. The first kappa shape index (κ1) is 20.6. The molecule has 6 nitrogen and oxygen atoms in total. The molecule has 29 heavy (non-hydrogen) atoms. The van der Waals surface area contributed by atoms with Crippen LogP contribution in [0, 0.1) is 0 Å². The van der Waals surface area contributed by atoms with Gasteiger partial charge in [0.05, 0.1) is 10.6 Å². The Labute approximate surface area is 164 Å². The monoisotopic (exact) mass is 423 g/mol. The minimum absolute atomic E-state index is 0.0687. The molecule has 0 bridgehead atoms. The molecular weight excluding hydrogens is 407 g/mol. The van der Waals surface area contributed by atoms with Gasteiger partial charge in [0.1, 0.15) is 5.69 Å². The van der Waals surface area contributed by atoms with Crippen LogP contribution in [-0.4, -0.2) is 24.1 Å². The number of hydrogen-bond acceptors (Lipinski definition) is 4. The van der Waals surface area contributed by atoms with Gasteiger partial charge in [0.2, 0.25) is 0 Å². The number of aromatic nitrogens is 2. The predicted octanol–water partition coefficient (Wildman–Crippen LogP) is 3.67. The van der Waals surface area contributed by atoms with E-state index < -0.39 is 27.6 Å². The number of sulfone groups is 1. The van der Waals surface area contributed by atoms with Gasteiger partial charge in [-0.05, 0) is 29.8 Å². The number of alkyl halides is 3. The van der Waals surface area contributed by atoms with Crippen molar-refractivity contribution in [3.63, 3.8) is 0 Å². The summed E-state index contributed by atoms with van der Waals surface area (Å²) in [6.07, 6.45) is -4.66. The van der Waals surface area contributed by atoms with E-state index in [-0.39, 0.29) is 22.0 Å². The number of hydrogen-bond donors (Lipinski definition) is 1. The Bertz CT molecular complexity index is 1120. The van der Waals surface area contributed by atoms with Gasteiger partial charge in [-0.15, -0.1) is 0 Å². The lowest BCUT2D eigenvalue weighted by Gasteiger charge is -2.08. The van der Waals surface area contributed by atoms with E-state index in [1.807, 2.05) is 0 Å². The third kappa shape index (κ3) is 4.83. The van der Waals surface area contributed by atoms with Crippen LogP contribution in [-0.2, 0) is 28.8 Å². The van der Waals surface area contributed by atoms with Crippen molar-refractivity contribution in [2.45, 2.75) is 16.8 Å². The molecule has 0 aliphatic carbocycles. The predicted molar refractivity (Wildman–Crippen MR) is 99.9 cm³/mol. The van der Waals surface area contributed by atoms with Crippen LogP contribution in [0.5, 0.6) is 0 Å². The number of nitrogens with zero attached hydrogens (tertiary/aromatic N) is 2. The molecule has 3 aromatic rings. The fourth-order valence-corrected chi connectivity index (χ4v) is 3.98. The zero-order valence-electron chi connectivity index (χ0n) is 15.1. The lowest BCUT2D eigenvalue weighted by Crippen LogP contribution is -2.16. The van der Waals surface area contributed by atoms with Crippen molar-refractivity contribution in [1.29, 1.82) is 0 Å². The van der Waals surface area contributed by atoms with Crippen LogP contribution in [0.15, 0.2) is 65.6 Å². The molecule has 0 atom stereocenters. The van der Waals surface area contributed by atoms with Crippen LogP contribution in [0.2, 0.25) is 0 Å². The maximum absolute atomic E-state index is 12.7.